The molecular weight excluding hydrogens is 378 g/mol. The standard InChI is InChI=1S/C21H26ClN3O3/c1-21(2,3)28-20(26)25-11-9-24(10-12-25)19-14-17(13-18(22)23-19)27-15-16-7-5-4-6-8-16/h4-8,13-14H,9-12,15H2,1-3H3. The van der Waals surface area contributed by atoms with Gasteiger partial charge in [-0.1, -0.05) is 41.9 Å². The summed E-state index contributed by atoms with van der Waals surface area (Å²) in [6.07, 6.45) is -0.280. The van der Waals surface area contributed by atoms with Gasteiger partial charge in [-0.15, -0.1) is 0 Å². The maximum Gasteiger partial charge on any atom is 0.410 e. The summed E-state index contributed by atoms with van der Waals surface area (Å²) >= 11 is 6.20. The number of ether oxygens (including phenoxy) is 2. The van der Waals surface area contributed by atoms with Gasteiger partial charge in [-0.25, -0.2) is 9.78 Å². The molecule has 2 heterocycles. The number of carbonyl (C=O) groups excluding carboxylic acids is 1. The van der Waals surface area contributed by atoms with Crippen LogP contribution in [0.5, 0.6) is 5.75 Å². The van der Waals surface area contributed by atoms with E-state index in [-0.39, 0.29) is 6.09 Å². The highest BCUT2D eigenvalue weighted by molar-refractivity contribution is 6.29. The quantitative estimate of drug-likeness (QED) is 0.709. The van der Waals surface area contributed by atoms with Gasteiger partial charge in [0.2, 0.25) is 0 Å². The smallest absolute Gasteiger partial charge is 0.410 e. The molecule has 0 N–H and O–H groups in total. The third-order valence-electron chi connectivity index (χ3n) is 4.26. The fourth-order valence-electron chi connectivity index (χ4n) is 2.89. The molecule has 28 heavy (non-hydrogen) atoms. The second kappa shape index (κ2) is 8.69. The Morgan fingerprint density at radius 2 is 1.79 bits per heavy atom. The Hall–Kier alpha value is -2.47. The van der Waals surface area contributed by atoms with Crippen LogP contribution in [0.3, 0.4) is 0 Å². The number of nitrogens with zero attached hydrogens (tertiary/aromatic N) is 3. The third kappa shape index (κ3) is 5.76. The Morgan fingerprint density at radius 3 is 2.43 bits per heavy atom. The van der Waals surface area contributed by atoms with E-state index in [2.05, 4.69) is 9.88 Å². The van der Waals surface area contributed by atoms with E-state index in [9.17, 15) is 4.79 Å². The van der Waals surface area contributed by atoms with Crippen LogP contribution in [-0.2, 0) is 11.3 Å². The van der Waals surface area contributed by atoms with Crippen LogP contribution >= 0.6 is 11.6 Å². The SMILES string of the molecule is CC(C)(C)OC(=O)N1CCN(c2cc(OCc3ccccc3)cc(Cl)n2)CC1. The van der Waals surface area contributed by atoms with Crippen molar-refractivity contribution in [2.45, 2.75) is 33.0 Å². The molecule has 0 atom stereocenters. The monoisotopic (exact) mass is 403 g/mol. The maximum absolute atomic E-state index is 12.2. The average Bonchev–Trinajstić information content (AvgIpc) is 2.65. The fraction of sp³-hybridized carbons (Fsp3) is 0.429. The van der Waals surface area contributed by atoms with Crippen molar-refractivity contribution in [3.05, 3.63) is 53.2 Å². The van der Waals surface area contributed by atoms with Crippen molar-refractivity contribution in [3.8, 4) is 5.75 Å². The van der Waals surface area contributed by atoms with Gasteiger partial charge in [-0.05, 0) is 26.3 Å². The number of rotatable bonds is 4. The molecule has 0 spiro atoms. The van der Waals surface area contributed by atoms with Crippen molar-refractivity contribution in [2.24, 2.45) is 0 Å². The number of hydrogen-bond donors (Lipinski definition) is 0. The molecule has 0 radical (unpaired) electrons. The second-order valence-corrected chi connectivity index (χ2v) is 8.10. The summed E-state index contributed by atoms with van der Waals surface area (Å²) in [5.41, 5.74) is 0.594. The normalized spacial score (nSPS) is 14.7. The third-order valence-corrected chi connectivity index (χ3v) is 4.45. The predicted molar refractivity (Wildman–Crippen MR) is 110 cm³/mol. The van der Waals surface area contributed by atoms with E-state index in [0.29, 0.717) is 43.7 Å². The molecule has 1 amide bonds. The molecule has 7 heteroatoms. The highest BCUT2D eigenvalue weighted by atomic mass is 35.5. The van der Waals surface area contributed by atoms with Crippen LogP contribution in [0.1, 0.15) is 26.3 Å². The Morgan fingerprint density at radius 1 is 1.11 bits per heavy atom. The Bertz CT molecular complexity index is 800. The summed E-state index contributed by atoms with van der Waals surface area (Å²) in [4.78, 5) is 20.5. The summed E-state index contributed by atoms with van der Waals surface area (Å²) in [5.74, 6) is 1.42. The van der Waals surface area contributed by atoms with Crippen LogP contribution in [0, 0.1) is 0 Å². The number of pyridine rings is 1. The minimum Gasteiger partial charge on any atom is -0.489 e. The molecule has 3 rings (SSSR count). The van der Waals surface area contributed by atoms with Crippen LogP contribution in [0.4, 0.5) is 10.6 Å². The Balaban J connectivity index is 1.60. The van der Waals surface area contributed by atoms with Crippen molar-refractivity contribution < 1.29 is 14.3 Å². The first-order chi connectivity index (χ1) is 13.3. The van der Waals surface area contributed by atoms with Crippen molar-refractivity contribution >= 4 is 23.5 Å². The molecule has 1 saturated heterocycles. The van der Waals surface area contributed by atoms with Gasteiger partial charge in [0.15, 0.2) is 0 Å². The second-order valence-electron chi connectivity index (χ2n) is 7.71. The molecule has 150 valence electrons. The topological polar surface area (TPSA) is 54.9 Å². The number of piperazine rings is 1. The minimum absolute atomic E-state index is 0.280. The number of halogens is 1. The first-order valence-corrected chi connectivity index (χ1v) is 9.75. The maximum atomic E-state index is 12.2. The molecule has 0 unspecified atom stereocenters. The van der Waals surface area contributed by atoms with Crippen molar-refractivity contribution in [1.29, 1.82) is 0 Å². The number of carbonyl (C=O) groups is 1. The van der Waals surface area contributed by atoms with Crippen LogP contribution < -0.4 is 9.64 Å². The number of hydrogen-bond acceptors (Lipinski definition) is 5. The lowest BCUT2D eigenvalue weighted by molar-refractivity contribution is 0.0240. The van der Waals surface area contributed by atoms with Crippen LogP contribution in [0.15, 0.2) is 42.5 Å². The fourth-order valence-corrected chi connectivity index (χ4v) is 3.09. The van der Waals surface area contributed by atoms with Gasteiger partial charge in [0.25, 0.3) is 0 Å². The highest BCUT2D eigenvalue weighted by Crippen LogP contribution is 2.25. The lowest BCUT2D eigenvalue weighted by Gasteiger charge is -2.36. The highest BCUT2D eigenvalue weighted by Gasteiger charge is 2.26. The molecule has 1 aliphatic rings. The predicted octanol–water partition coefficient (Wildman–Crippen LogP) is 4.37. The van der Waals surface area contributed by atoms with Gasteiger partial charge in [-0.3, -0.25) is 0 Å². The largest absolute Gasteiger partial charge is 0.489 e. The number of benzene rings is 1. The number of aromatic nitrogens is 1. The summed E-state index contributed by atoms with van der Waals surface area (Å²) in [5, 5.41) is 0.384. The van der Waals surface area contributed by atoms with Gasteiger partial charge >= 0.3 is 6.09 Å². The van der Waals surface area contributed by atoms with Crippen LogP contribution in [0.25, 0.3) is 0 Å². The molecule has 1 aliphatic heterocycles. The molecule has 1 aromatic heterocycles. The zero-order chi connectivity index (χ0) is 20.1. The first kappa shape index (κ1) is 20.3. The molecule has 0 saturated carbocycles. The summed E-state index contributed by atoms with van der Waals surface area (Å²) < 4.78 is 11.3. The molecule has 0 aliphatic carbocycles. The summed E-state index contributed by atoms with van der Waals surface area (Å²) in [7, 11) is 0. The van der Waals surface area contributed by atoms with Crippen LogP contribution in [-0.4, -0.2) is 47.8 Å². The van der Waals surface area contributed by atoms with Crippen LogP contribution in [0.2, 0.25) is 5.15 Å². The Kier molecular flexibility index (Phi) is 6.29. The van der Waals surface area contributed by atoms with Gasteiger partial charge in [0.05, 0.1) is 0 Å². The average molecular weight is 404 g/mol. The van der Waals surface area contributed by atoms with E-state index in [1.165, 1.54) is 0 Å². The van der Waals surface area contributed by atoms with E-state index < -0.39 is 5.60 Å². The van der Waals surface area contributed by atoms with E-state index in [1.807, 2.05) is 57.2 Å². The Labute approximate surface area is 171 Å². The first-order valence-electron chi connectivity index (χ1n) is 9.37. The van der Waals surface area contributed by atoms with E-state index in [1.54, 1.807) is 11.0 Å². The number of anilines is 1. The minimum atomic E-state index is -0.492. The van der Waals surface area contributed by atoms with Crippen molar-refractivity contribution in [2.75, 3.05) is 31.1 Å². The van der Waals surface area contributed by atoms with Crippen molar-refractivity contribution in [1.82, 2.24) is 9.88 Å². The van der Waals surface area contributed by atoms with Gasteiger partial charge in [-0.2, -0.15) is 0 Å². The molecule has 0 bridgehead atoms. The van der Waals surface area contributed by atoms with Crippen molar-refractivity contribution in [3.63, 3.8) is 0 Å². The molecule has 6 nitrogen and oxygen atoms in total. The molecule has 1 aromatic carbocycles. The van der Waals surface area contributed by atoms with Gasteiger partial charge in [0.1, 0.15) is 28.9 Å². The van der Waals surface area contributed by atoms with E-state index in [0.717, 1.165) is 11.4 Å². The molecule has 2 aromatic rings. The summed E-state index contributed by atoms with van der Waals surface area (Å²) in [6.45, 7) is 8.53. The molecular formula is C21H26ClN3O3. The van der Waals surface area contributed by atoms with Gasteiger partial charge in [0, 0.05) is 38.3 Å². The zero-order valence-corrected chi connectivity index (χ0v) is 17.3. The lowest BCUT2D eigenvalue weighted by Crippen LogP contribution is -2.50. The lowest BCUT2D eigenvalue weighted by atomic mass is 10.2. The van der Waals surface area contributed by atoms with Gasteiger partial charge < -0.3 is 19.3 Å². The zero-order valence-electron chi connectivity index (χ0n) is 16.5. The van der Waals surface area contributed by atoms with E-state index >= 15 is 0 Å². The van der Waals surface area contributed by atoms with E-state index in [4.69, 9.17) is 21.1 Å². The molecule has 1 fully saturated rings. The number of amides is 1. The summed E-state index contributed by atoms with van der Waals surface area (Å²) in [6, 6.07) is 13.6.